The third-order valence-electron chi connectivity index (χ3n) is 6.16. The zero-order valence-corrected chi connectivity index (χ0v) is 18.3. The van der Waals surface area contributed by atoms with Gasteiger partial charge in [-0.15, -0.1) is 0 Å². The number of hydrogen-bond donors (Lipinski definition) is 3. The average Bonchev–Trinajstić information content (AvgIpc) is 3.24. The first-order valence-electron chi connectivity index (χ1n) is 10.1. The van der Waals surface area contributed by atoms with Crippen LogP contribution in [-0.4, -0.2) is 25.0 Å². The van der Waals surface area contributed by atoms with Gasteiger partial charge in [0.2, 0.25) is 11.8 Å². The number of hydrogen-bond acceptors (Lipinski definition) is 4. The number of carbonyl (C=O) groups is 2. The minimum atomic E-state index is -1.14. The molecule has 6 nitrogen and oxygen atoms in total. The Morgan fingerprint density at radius 1 is 1.27 bits per heavy atom. The van der Waals surface area contributed by atoms with Crippen LogP contribution in [0.1, 0.15) is 31.4 Å². The summed E-state index contributed by atoms with van der Waals surface area (Å²) in [6.45, 7) is 6.11. The summed E-state index contributed by atoms with van der Waals surface area (Å²) in [4.78, 5) is 26.7. The molecule has 0 aromatic heterocycles. The van der Waals surface area contributed by atoms with Crippen LogP contribution in [0.25, 0.3) is 0 Å². The van der Waals surface area contributed by atoms with Crippen LogP contribution in [-0.2, 0) is 15.1 Å². The summed E-state index contributed by atoms with van der Waals surface area (Å²) in [7, 11) is 1.59. The molecule has 2 aliphatic rings. The van der Waals surface area contributed by atoms with Crippen molar-refractivity contribution in [1.29, 1.82) is 0 Å². The summed E-state index contributed by atoms with van der Waals surface area (Å²) in [5.41, 5.74) is 1.79. The van der Waals surface area contributed by atoms with Crippen LogP contribution in [0.3, 0.4) is 0 Å². The Balaban J connectivity index is 1.74. The molecule has 0 bridgehead atoms. The monoisotopic (exact) mass is 427 g/mol. The second-order valence-corrected chi connectivity index (χ2v) is 8.84. The van der Waals surface area contributed by atoms with E-state index in [0.717, 1.165) is 11.1 Å². The molecule has 0 saturated carbocycles. The maximum atomic E-state index is 13.4. The Kier molecular flexibility index (Phi) is 5.24. The lowest BCUT2D eigenvalue weighted by molar-refractivity contribution is -0.130. The summed E-state index contributed by atoms with van der Waals surface area (Å²) in [5.74, 6) is -0.0375. The molecule has 3 atom stereocenters. The number of anilines is 2. The predicted molar refractivity (Wildman–Crippen MR) is 118 cm³/mol. The highest BCUT2D eigenvalue weighted by atomic mass is 35.5. The molecule has 30 heavy (non-hydrogen) atoms. The van der Waals surface area contributed by atoms with Gasteiger partial charge < -0.3 is 15.4 Å². The van der Waals surface area contributed by atoms with Crippen molar-refractivity contribution in [2.45, 2.75) is 38.8 Å². The highest BCUT2D eigenvalue weighted by Crippen LogP contribution is 2.50. The van der Waals surface area contributed by atoms with E-state index in [1.54, 1.807) is 31.4 Å². The van der Waals surface area contributed by atoms with Crippen molar-refractivity contribution in [1.82, 2.24) is 5.32 Å². The van der Waals surface area contributed by atoms with Crippen molar-refractivity contribution < 1.29 is 14.3 Å². The molecule has 1 spiro atoms. The van der Waals surface area contributed by atoms with Crippen LogP contribution >= 0.6 is 11.6 Å². The molecule has 2 aromatic carbocycles. The summed E-state index contributed by atoms with van der Waals surface area (Å²) in [6, 6.07) is 10.9. The van der Waals surface area contributed by atoms with Crippen LogP contribution in [0.15, 0.2) is 36.4 Å². The van der Waals surface area contributed by atoms with Crippen molar-refractivity contribution in [2.24, 2.45) is 11.8 Å². The number of fused-ring (bicyclic) bond motifs is 2. The van der Waals surface area contributed by atoms with E-state index in [9.17, 15) is 9.59 Å². The Hall–Kier alpha value is -2.57. The van der Waals surface area contributed by atoms with E-state index in [2.05, 4.69) is 29.8 Å². The Bertz CT molecular complexity index is 1010. The second-order valence-electron chi connectivity index (χ2n) is 8.43. The molecule has 1 fully saturated rings. The Labute approximate surface area is 181 Å². The zero-order valence-electron chi connectivity index (χ0n) is 17.5. The normalized spacial score (nSPS) is 24.8. The number of aryl methyl sites for hydroxylation is 1. The van der Waals surface area contributed by atoms with Crippen LogP contribution < -0.4 is 20.7 Å². The number of amides is 2. The number of nitrogens with one attached hydrogen (secondary N) is 3. The molecule has 3 N–H and O–H groups in total. The highest BCUT2D eigenvalue weighted by molar-refractivity contribution is 6.35. The predicted octanol–water partition coefficient (Wildman–Crippen LogP) is 4.08. The topological polar surface area (TPSA) is 79.5 Å². The first-order valence-corrected chi connectivity index (χ1v) is 10.5. The van der Waals surface area contributed by atoms with Gasteiger partial charge in [0, 0.05) is 17.3 Å². The summed E-state index contributed by atoms with van der Waals surface area (Å²) < 4.78 is 5.18. The van der Waals surface area contributed by atoms with Crippen LogP contribution in [0.5, 0.6) is 5.75 Å². The maximum absolute atomic E-state index is 13.4. The molecule has 7 heteroatoms. The summed E-state index contributed by atoms with van der Waals surface area (Å²) in [6.07, 6.45) is 0.554. The van der Waals surface area contributed by atoms with E-state index < -0.39 is 11.5 Å². The number of ether oxygens (including phenoxy) is 1. The molecule has 2 aromatic rings. The minimum Gasteiger partial charge on any atom is -0.497 e. The van der Waals surface area contributed by atoms with Crippen LogP contribution in [0.4, 0.5) is 11.4 Å². The van der Waals surface area contributed by atoms with Gasteiger partial charge in [-0.1, -0.05) is 31.5 Å². The molecule has 4 rings (SSSR count). The second kappa shape index (κ2) is 7.60. The highest BCUT2D eigenvalue weighted by Gasteiger charge is 2.60. The van der Waals surface area contributed by atoms with Gasteiger partial charge in [0.05, 0.1) is 23.7 Å². The largest absolute Gasteiger partial charge is 0.497 e. The fraction of sp³-hybridized carbons (Fsp3) is 0.391. The zero-order chi connectivity index (χ0) is 21.6. The molecule has 2 heterocycles. The average molecular weight is 428 g/mol. The van der Waals surface area contributed by atoms with Gasteiger partial charge >= 0.3 is 0 Å². The van der Waals surface area contributed by atoms with Crippen molar-refractivity contribution in [3.63, 3.8) is 0 Å². The van der Waals surface area contributed by atoms with E-state index in [1.807, 2.05) is 19.1 Å². The number of methoxy groups -OCH3 is 1. The smallest absolute Gasteiger partial charge is 0.250 e. The number of carbonyl (C=O) groups excluding carboxylic acids is 2. The van der Waals surface area contributed by atoms with E-state index in [1.165, 1.54) is 0 Å². The van der Waals surface area contributed by atoms with E-state index in [4.69, 9.17) is 16.3 Å². The quantitative estimate of drug-likeness (QED) is 0.687. The van der Waals surface area contributed by atoms with E-state index in [-0.39, 0.29) is 23.8 Å². The Morgan fingerprint density at radius 3 is 2.60 bits per heavy atom. The van der Waals surface area contributed by atoms with Gasteiger partial charge in [-0.05, 0) is 55.2 Å². The van der Waals surface area contributed by atoms with Gasteiger partial charge in [-0.25, -0.2) is 0 Å². The lowest BCUT2D eigenvalue weighted by Gasteiger charge is -2.30. The molecule has 0 radical (unpaired) electrons. The molecule has 1 saturated heterocycles. The fourth-order valence-corrected chi connectivity index (χ4v) is 4.85. The minimum absolute atomic E-state index is 0.0209. The van der Waals surface area contributed by atoms with Gasteiger partial charge in [0.25, 0.3) is 0 Å². The van der Waals surface area contributed by atoms with Crippen LogP contribution in [0.2, 0.25) is 5.02 Å². The first-order chi connectivity index (χ1) is 14.3. The van der Waals surface area contributed by atoms with Crippen molar-refractivity contribution in [3.8, 4) is 5.75 Å². The van der Waals surface area contributed by atoms with Crippen molar-refractivity contribution in [3.05, 3.63) is 52.5 Å². The number of halogens is 1. The van der Waals surface area contributed by atoms with Gasteiger partial charge in [-0.2, -0.15) is 0 Å². The third kappa shape index (κ3) is 3.24. The van der Waals surface area contributed by atoms with Gasteiger partial charge in [0.1, 0.15) is 11.3 Å². The molecule has 2 aliphatic heterocycles. The van der Waals surface area contributed by atoms with Gasteiger partial charge in [-0.3, -0.25) is 14.9 Å². The molecule has 158 valence electrons. The summed E-state index contributed by atoms with van der Waals surface area (Å²) in [5, 5.41) is 9.89. The lowest BCUT2D eigenvalue weighted by atomic mass is 9.79. The van der Waals surface area contributed by atoms with Crippen molar-refractivity contribution >= 4 is 34.8 Å². The maximum Gasteiger partial charge on any atom is 0.250 e. The van der Waals surface area contributed by atoms with E-state index in [0.29, 0.717) is 28.6 Å². The molecule has 2 amide bonds. The third-order valence-corrected chi connectivity index (χ3v) is 6.46. The Morgan fingerprint density at radius 2 is 1.97 bits per heavy atom. The molecule has 0 unspecified atom stereocenters. The van der Waals surface area contributed by atoms with Gasteiger partial charge in [0.15, 0.2) is 0 Å². The fourth-order valence-electron chi connectivity index (χ4n) is 4.53. The molecular formula is C23H26ClN3O3. The lowest BCUT2D eigenvalue weighted by Crippen LogP contribution is -2.52. The molecule has 0 aliphatic carbocycles. The number of benzene rings is 2. The standard InChI is InChI=1S/C23H26ClN3O3/c1-12(2)19-11-17(21(28)25-14-5-7-15(30-4)8-6-14)23(27-19)16-9-13(3)10-18(24)20(16)26-22(23)29/h5-10,12,17,19,27H,11H2,1-4H3,(H,25,28)(H,26,29)/t17-,19-,23+/m0/s1. The van der Waals surface area contributed by atoms with E-state index >= 15 is 0 Å². The molecular weight excluding hydrogens is 402 g/mol. The van der Waals surface area contributed by atoms with Crippen molar-refractivity contribution in [2.75, 3.05) is 17.7 Å². The number of rotatable bonds is 4. The SMILES string of the molecule is COc1ccc(NC(=O)[C@@H]2C[C@@H](C(C)C)N[C@@]23C(=O)Nc2c(Cl)cc(C)cc23)cc1. The summed E-state index contributed by atoms with van der Waals surface area (Å²) >= 11 is 6.43. The first kappa shape index (κ1) is 20.7. The van der Waals surface area contributed by atoms with Crippen LogP contribution in [0, 0.1) is 18.8 Å².